The van der Waals surface area contributed by atoms with Crippen molar-refractivity contribution >= 4 is 31.6 Å². The molecule has 0 unspecified atom stereocenters. The lowest BCUT2D eigenvalue weighted by molar-refractivity contribution is 0.601. The Hall–Kier alpha value is -1.33. The number of anilines is 1. The molecule has 0 heterocycles. The number of halogens is 1. The highest BCUT2D eigenvalue weighted by Gasteiger charge is 2.13. The van der Waals surface area contributed by atoms with Crippen LogP contribution in [0.1, 0.15) is 0 Å². The van der Waals surface area contributed by atoms with E-state index in [1.165, 1.54) is 0 Å². The molecule has 88 valence electrons. The number of benzene rings is 2. The third kappa shape index (κ3) is 3.08. The molecule has 2 aromatic carbocycles. The van der Waals surface area contributed by atoms with Crippen LogP contribution in [0.2, 0.25) is 0 Å². The van der Waals surface area contributed by atoms with Gasteiger partial charge in [0.15, 0.2) is 0 Å². The lowest BCUT2D eigenvalue weighted by atomic mass is 10.3. The highest BCUT2D eigenvalue weighted by Crippen LogP contribution is 2.19. The Labute approximate surface area is 109 Å². The number of nitrogens with one attached hydrogen (secondary N) is 1. The Kier molecular flexibility index (Phi) is 3.49. The number of hydrogen-bond donors (Lipinski definition) is 1. The van der Waals surface area contributed by atoms with Crippen molar-refractivity contribution in [2.24, 2.45) is 0 Å². The average Bonchev–Trinajstić information content (AvgIpc) is 2.30. The summed E-state index contributed by atoms with van der Waals surface area (Å²) in [5.41, 5.74) is 0.549. The largest absolute Gasteiger partial charge is 0.280 e. The first-order valence-electron chi connectivity index (χ1n) is 4.91. The summed E-state index contributed by atoms with van der Waals surface area (Å²) < 4.78 is 27.3. The molecule has 0 amide bonds. The van der Waals surface area contributed by atoms with E-state index in [9.17, 15) is 8.42 Å². The minimum absolute atomic E-state index is 0.232. The molecule has 0 saturated carbocycles. The normalized spacial score (nSPS) is 11.1. The molecule has 0 radical (unpaired) electrons. The summed E-state index contributed by atoms with van der Waals surface area (Å²) in [5, 5.41) is 0. The maximum absolute atomic E-state index is 12.0. The Morgan fingerprint density at radius 1 is 0.941 bits per heavy atom. The lowest BCUT2D eigenvalue weighted by Gasteiger charge is -2.07. The Bertz CT molecular complexity index is 611. The highest BCUT2D eigenvalue weighted by atomic mass is 79.9. The summed E-state index contributed by atoms with van der Waals surface area (Å²) in [6.07, 6.45) is 0. The SMILES string of the molecule is O=S(=O)(Nc1ccccc1)c1cccc(Br)c1. The van der Waals surface area contributed by atoms with Gasteiger partial charge < -0.3 is 0 Å². The zero-order chi connectivity index (χ0) is 12.3. The third-order valence-electron chi connectivity index (χ3n) is 2.13. The van der Waals surface area contributed by atoms with Gasteiger partial charge in [-0.3, -0.25) is 4.72 Å². The molecule has 0 spiro atoms. The molecule has 2 aromatic rings. The Morgan fingerprint density at radius 3 is 2.29 bits per heavy atom. The maximum atomic E-state index is 12.0. The molecule has 5 heteroatoms. The fourth-order valence-corrected chi connectivity index (χ4v) is 3.01. The van der Waals surface area contributed by atoms with Gasteiger partial charge in [-0.05, 0) is 30.3 Å². The standard InChI is InChI=1S/C12H10BrNO2S/c13-10-5-4-8-12(9-10)17(15,16)14-11-6-2-1-3-7-11/h1-9,14H. The van der Waals surface area contributed by atoms with Crippen LogP contribution in [0.25, 0.3) is 0 Å². The van der Waals surface area contributed by atoms with Crippen molar-refractivity contribution in [2.75, 3.05) is 4.72 Å². The van der Waals surface area contributed by atoms with E-state index < -0.39 is 10.0 Å². The summed E-state index contributed by atoms with van der Waals surface area (Å²) >= 11 is 3.25. The van der Waals surface area contributed by atoms with Gasteiger partial charge in [-0.1, -0.05) is 40.2 Å². The van der Waals surface area contributed by atoms with Gasteiger partial charge >= 0.3 is 0 Å². The van der Waals surface area contributed by atoms with Crippen LogP contribution in [0.3, 0.4) is 0 Å². The number of sulfonamides is 1. The fourth-order valence-electron chi connectivity index (χ4n) is 1.35. The van der Waals surface area contributed by atoms with E-state index in [2.05, 4.69) is 20.7 Å². The molecular formula is C12H10BrNO2S. The second-order valence-electron chi connectivity index (χ2n) is 3.43. The van der Waals surface area contributed by atoms with Gasteiger partial charge in [0.2, 0.25) is 0 Å². The first kappa shape index (κ1) is 12.1. The molecule has 0 aliphatic rings. The maximum Gasteiger partial charge on any atom is 0.261 e. The van der Waals surface area contributed by atoms with Crippen LogP contribution in [0, 0.1) is 0 Å². The minimum Gasteiger partial charge on any atom is -0.280 e. The van der Waals surface area contributed by atoms with Crippen LogP contribution < -0.4 is 4.72 Å². The summed E-state index contributed by atoms with van der Waals surface area (Å²) in [7, 11) is -3.52. The quantitative estimate of drug-likeness (QED) is 0.945. The van der Waals surface area contributed by atoms with Crippen molar-refractivity contribution in [3.05, 3.63) is 59.1 Å². The molecule has 0 aromatic heterocycles. The van der Waals surface area contributed by atoms with E-state index >= 15 is 0 Å². The smallest absolute Gasteiger partial charge is 0.261 e. The summed E-state index contributed by atoms with van der Waals surface area (Å²) in [5.74, 6) is 0. The topological polar surface area (TPSA) is 46.2 Å². The Balaban J connectivity index is 2.32. The molecule has 0 fully saturated rings. The Morgan fingerprint density at radius 2 is 1.65 bits per heavy atom. The lowest BCUT2D eigenvalue weighted by Crippen LogP contribution is -2.12. The van der Waals surface area contributed by atoms with Crippen molar-refractivity contribution in [1.29, 1.82) is 0 Å². The molecule has 0 aliphatic carbocycles. The summed E-state index contributed by atoms with van der Waals surface area (Å²) in [6.45, 7) is 0. The fraction of sp³-hybridized carbons (Fsp3) is 0. The van der Waals surface area contributed by atoms with Gasteiger partial charge in [0.05, 0.1) is 4.90 Å². The second kappa shape index (κ2) is 4.89. The zero-order valence-corrected chi connectivity index (χ0v) is 11.2. The van der Waals surface area contributed by atoms with Gasteiger partial charge in [0.25, 0.3) is 10.0 Å². The third-order valence-corrected chi connectivity index (χ3v) is 4.00. The number of hydrogen-bond acceptors (Lipinski definition) is 2. The molecule has 0 aliphatic heterocycles. The molecule has 0 bridgehead atoms. The first-order valence-corrected chi connectivity index (χ1v) is 7.19. The first-order chi connectivity index (χ1) is 8.08. The molecule has 1 N–H and O–H groups in total. The molecule has 2 rings (SSSR count). The van der Waals surface area contributed by atoms with Gasteiger partial charge in [-0.2, -0.15) is 0 Å². The van der Waals surface area contributed by atoms with Gasteiger partial charge in [-0.15, -0.1) is 0 Å². The van der Waals surface area contributed by atoms with Crippen molar-refractivity contribution in [2.45, 2.75) is 4.90 Å². The average molecular weight is 312 g/mol. The van der Waals surface area contributed by atoms with Crippen molar-refractivity contribution < 1.29 is 8.42 Å². The van der Waals surface area contributed by atoms with Crippen LogP contribution >= 0.6 is 15.9 Å². The van der Waals surface area contributed by atoms with Crippen molar-refractivity contribution in [3.8, 4) is 0 Å². The molecule has 3 nitrogen and oxygen atoms in total. The minimum atomic E-state index is -3.52. The van der Waals surface area contributed by atoms with E-state index in [4.69, 9.17) is 0 Å². The van der Waals surface area contributed by atoms with Crippen LogP contribution in [-0.2, 0) is 10.0 Å². The predicted molar refractivity (Wildman–Crippen MR) is 71.4 cm³/mol. The van der Waals surface area contributed by atoms with E-state index in [0.29, 0.717) is 5.69 Å². The van der Waals surface area contributed by atoms with Crippen molar-refractivity contribution in [3.63, 3.8) is 0 Å². The monoisotopic (exact) mass is 311 g/mol. The van der Waals surface area contributed by atoms with Crippen LogP contribution in [-0.4, -0.2) is 8.42 Å². The summed E-state index contributed by atoms with van der Waals surface area (Å²) in [4.78, 5) is 0.232. The number of rotatable bonds is 3. The zero-order valence-electron chi connectivity index (χ0n) is 8.80. The van der Waals surface area contributed by atoms with Gasteiger partial charge in [0.1, 0.15) is 0 Å². The van der Waals surface area contributed by atoms with E-state index in [-0.39, 0.29) is 4.90 Å². The molecule has 0 atom stereocenters. The molecule has 17 heavy (non-hydrogen) atoms. The van der Waals surface area contributed by atoms with E-state index in [0.717, 1.165) is 4.47 Å². The summed E-state index contributed by atoms with van der Waals surface area (Å²) in [6, 6.07) is 15.4. The molecular weight excluding hydrogens is 302 g/mol. The van der Waals surface area contributed by atoms with Crippen molar-refractivity contribution in [1.82, 2.24) is 0 Å². The molecule has 0 saturated heterocycles. The van der Waals surface area contributed by atoms with E-state index in [1.807, 2.05) is 6.07 Å². The van der Waals surface area contributed by atoms with Gasteiger partial charge in [-0.25, -0.2) is 8.42 Å². The highest BCUT2D eigenvalue weighted by molar-refractivity contribution is 9.10. The van der Waals surface area contributed by atoms with E-state index in [1.54, 1.807) is 48.5 Å². The van der Waals surface area contributed by atoms with Gasteiger partial charge in [0, 0.05) is 10.2 Å². The second-order valence-corrected chi connectivity index (χ2v) is 6.03. The predicted octanol–water partition coefficient (Wildman–Crippen LogP) is 3.25. The van der Waals surface area contributed by atoms with Crippen LogP contribution in [0.4, 0.5) is 5.69 Å². The van der Waals surface area contributed by atoms with Crippen LogP contribution in [0.5, 0.6) is 0 Å². The number of para-hydroxylation sites is 1. The van der Waals surface area contributed by atoms with Crippen LogP contribution in [0.15, 0.2) is 64.0 Å².